The number of rotatable bonds is 4. The molecule has 54 heavy (non-hydrogen) atoms. The zero-order valence-corrected chi connectivity index (χ0v) is 30.3. The summed E-state index contributed by atoms with van der Waals surface area (Å²) >= 11 is 0. The van der Waals surface area contributed by atoms with Crippen LogP contribution in [0, 0.1) is 0 Å². The van der Waals surface area contributed by atoms with E-state index in [-0.39, 0.29) is 5.41 Å². The molecule has 0 aliphatic heterocycles. The lowest BCUT2D eigenvalue weighted by molar-refractivity contribution is 0.563. The first kappa shape index (κ1) is 30.9. The normalized spacial score (nSPS) is 14.4. The van der Waals surface area contributed by atoms with Crippen molar-refractivity contribution in [2.45, 2.75) is 24.7 Å². The van der Waals surface area contributed by atoms with Crippen molar-refractivity contribution in [3.63, 3.8) is 0 Å². The van der Waals surface area contributed by atoms with E-state index in [4.69, 9.17) is 4.42 Å². The highest BCUT2D eigenvalue weighted by Gasteiger charge is 2.53. The van der Waals surface area contributed by atoms with Crippen molar-refractivity contribution in [1.29, 1.82) is 0 Å². The van der Waals surface area contributed by atoms with Crippen LogP contribution in [-0.4, -0.2) is 0 Å². The van der Waals surface area contributed by atoms with E-state index in [1.807, 2.05) is 6.07 Å². The summed E-state index contributed by atoms with van der Waals surface area (Å²) < 4.78 is 6.47. The zero-order valence-electron chi connectivity index (χ0n) is 30.3. The van der Waals surface area contributed by atoms with Gasteiger partial charge in [-0.05, 0) is 98.1 Å². The fourth-order valence-corrected chi connectivity index (χ4v) is 9.80. The molecule has 1 aromatic heterocycles. The molecular weight excluding hydrogens is 655 g/mol. The summed E-state index contributed by atoms with van der Waals surface area (Å²) in [4.78, 5) is 2.44. The average Bonchev–Trinajstić information content (AvgIpc) is 3.76. The van der Waals surface area contributed by atoms with E-state index < -0.39 is 5.41 Å². The predicted molar refractivity (Wildman–Crippen MR) is 223 cm³/mol. The van der Waals surface area contributed by atoms with Crippen molar-refractivity contribution in [1.82, 2.24) is 0 Å². The fourth-order valence-electron chi connectivity index (χ4n) is 9.80. The molecule has 0 atom stereocenters. The molecule has 2 heteroatoms. The Morgan fingerprint density at radius 3 is 1.76 bits per heavy atom. The number of hydrogen-bond donors (Lipinski definition) is 0. The third kappa shape index (κ3) is 4.17. The van der Waals surface area contributed by atoms with Gasteiger partial charge in [0.05, 0.1) is 16.5 Å². The average molecular weight is 692 g/mol. The first-order chi connectivity index (χ1) is 26.5. The van der Waals surface area contributed by atoms with Gasteiger partial charge in [0.1, 0.15) is 11.2 Å². The number of nitrogens with zero attached hydrogens (tertiary/aromatic N) is 1. The molecule has 256 valence electrons. The van der Waals surface area contributed by atoms with E-state index in [1.165, 1.54) is 55.6 Å². The number of hydrogen-bond acceptors (Lipinski definition) is 2. The molecule has 0 unspecified atom stereocenters. The van der Waals surface area contributed by atoms with Crippen LogP contribution < -0.4 is 4.90 Å². The topological polar surface area (TPSA) is 16.4 Å². The second-order valence-corrected chi connectivity index (χ2v) is 15.2. The summed E-state index contributed by atoms with van der Waals surface area (Å²) in [6.45, 7) is 4.80. The lowest BCUT2D eigenvalue weighted by Gasteiger charge is -2.47. The molecule has 8 aromatic carbocycles. The molecule has 1 heterocycles. The van der Waals surface area contributed by atoms with Crippen LogP contribution in [0.2, 0.25) is 0 Å². The molecule has 9 aromatic rings. The Bertz CT molecular complexity index is 2890. The highest BCUT2D eigenvalue weighted by Crippen LogP contribution is 2.62. The van der Waals surface area contributed by atoms with E-state index >= 15 is 0 Å². The SMILES string of the molecule is CC1(C)c2ccccc2C2(c3ccccc3-c3ccccc32)c2ccc(N(c3cccc(-c4ccccc4)c3)c3cccc4oc5ccccc5c34)cc21. The first-order valence-corrected chi connectivity index (χ1v) is 18.9. The first-order valence-electron chi connectivity index (χ1n) is 18.9. The molecule has 2 aliphatic rings. The van der Waals surface area contributed by atoms with E-state index in [9.17, 15) is 0 Å². The van der Waals surface area contributed by atoms with Crippen molar-refractivity contribution < 1.29 is 4.42 Å². The smallest absolute Gasteiger partial charge is 0.137 e. The predicted octanol–water partition coefficient (Wildman–Crippen LogP) is 13.7. The number of para-hydroxylation sites is 1. The van der Waals surface area contributed by atoms with Gasteiger partial charge in [-0.2, -0.15) is 0 Å². The van der Waals surface area contributed by atoms with Gasteiger partial charge in [-0.1, -0.05) is 159 Å². The van der Waals surface area contributed by atoms with Crippen LogP contribution >= 0.6 is 0 Å². The van der Waals surface area contributed by atoms with Crippen LogP contribution in [0.5, 0.6) is 0 Å². The standard InChI is InChI=1S/C52H37NO/c1-51(2)43-25-11-12-26-44(43)52(41-23-9-6-20-38(41)39-21-7-10-24-42(39)52)45-31-30-37(33-46(45)51)53(36-19-14-18-35(32-36)34-16-4-3-5-17-34)47-27-15-29-49-50(47)40-22-8-13-28-48(40)54-49/h3-33H,1-2H3. The third-order valence-electron chi connectivity index (χ3n) is 12.1. The Labute approximate surface area is 315 Å². The van der Waals surface area contributed by atoms with Gasteiger partial charge in [0.2, 0.25) is 0 Å². The second-order valence-electron chi connectivity index (χ2n) is 15.2. The lowest BCUT2D eigenvalue weighted by Crippen LogP contribution is -2.40. The fraction of sp³-hybridized carbons (Fsp3) is 0.0769. The van der Waals surface area contributed by atoms with Crippen LogP contribution in [0.25, 0.3) is 44.2 Å². The van der Waals surface area contributed by atoms with Crippen LogP contribution in [0.15, 0.2) is 192 Å². The van der Waals surface area contributed by atoms with Crippen molar-refractivity contribution in [2.75, 3.05) is 4.90 Å². The monoisotopic (exact) mass is 691 g/mol. The molecule has 1 spiro atoms. The molecule has 2 aliphatic carbocycles. The van der Waals surface area contributed by atoms with Gasteiger partial charge in [-0.3, -0.25) is 0 Å². The molecule has 0 fully saturated rings. The highest BCUT2D eigenvalue weighted by molar-refractivity contribution is 6.13. The Morgan fingerprint density at radius 2 is 0.981 bits per heavy atom. The number of furan rings is 1. The summed E-state index contributed by atoms with van der Waals surface area (Å²) in [5, 5.41) is 2.22. The van der Waals surface area contributed by atoms with Crippen LogP contribution in [0.1, 0.15) is 47.2 Å². The number of fused-ring (bicyclic) bond motifs is 12. The van der Waals surface area contributed by atoms with Crippen molar-refractivity contribution in [3.8, 4) is 22.3 Å². The number of benzene rings is 8. The molecule has 0 radical (unpaired) electrons. The van der Waals surface area contributed by atoms with Crippen molar-refractivity contribution >= 4 is 39.0 Å². The number of anilines is 3. The van der Waals surface area contributed by atoms with E-state index in [1.54, 1.807) is 0 Å². The highest BCUT2D eigenvalue weighted by atomic mass is 16.3. The van der Waals surface area contributed by atoms with Gasteiger partial charge in [0.25, 0.3) is 0 Å². The molecule has 0 bridgehead atoms. The van der Waals surface area contributed by atoms with Crippen LogP contribution in [0.3, 0.4) is 0 Å². The zero-order chi connectivity index (χ0) is 36.0. The maximum Gasteiger partial charge on any atom is 0.137 e. The van der Waals surface area contributed by atoms with E-state index in [0.29, 0.717) is 0 Å². The van der Waals surface area contributed by atoms with E-state index in [0.717, 1.165) is 39.0 Å². The minimum absolute atomic E-state index is 0.272. The van der Waals surface area contributed by atoms with Gasteiger partial charge in [0, 0.05) is 22.2 Å². The van der Waals surface area contributed by atoms with Crippen LogP contribution in [-0.2, 0) is 10.8 Å². The summed E-state index contributed by atoms with van der Waals surface area (Å²) in [6, 6.07) is 68.9. The Balaban J connectivity index is 1.22. The quantitative estimate of drug-likeness (QED) is 0.183. The van der Waals surface area contributed by atoms with Gasteiger partial charge >= 0.3 is 0 Å². The third-order valence-corrected chi connectivity index (χ3v) is 12.1. The largest absolute Gasteiger partial charge is 0.456 e. The molecule has 0 saturated heterocycles. The molecule has 0 saturated carbocycles. The lowest BCUT2D eigenvalue weighted by atomic mass is 9.55. The minimum Gasteiger partial charge on any atom is -0.456 e. The van der Waals surface area contributed by atoms with Crippen molar-refractivity contribution in [2.24, 2.45) is 0 Å². The summed E-state index contributed by atoms with van der Waals surface area (Å²) in [5.41, 5.74) is 17.5. The van der Waals surface area contributed by atoms with Gasteiger partial charge in [0.15, 0.2) is 0 Å². The molecule has 0 amide bonds. The van der Waals surface area contributed by atoms with Crippen LogP contribution in [0.4, 0.5) is 17.1 Å². The Hall–Kier alpha value is -6.64. The maximum absolute atomic E-state index is 6.47. The maximum atomic E-state index is 6.47. The van der Waals surface area contributed by atoms with Gasteiger partial charge in [-0.25, -0.2) is 0 Å². The van der Waals surface area contributed by atoms with Gasteiger partial charge < -0.3 is 9.32 Å². The Morgan fingerprint density at radius 1 is 0.407 bits per heavy atom. The summed E-state index contributed by atoms with van der Waals surface area (Å²) in [5.74, 6) is 0. The summed E-state index contributed by atoms with van der Waals surface area (Å²) in [6.07, 6.45) is 0. The molecule has 11 rings (SSSR count). The minimum atomic E-state index is -0.438. The summed E-state index contributed by atoms with van der Waals surface area (Å²) in [7, 11) is 0. The van der Waals surface area contributed by atoms with Crippen molar-refractivity contribution in [3.05, 3.63) is 221 Å². The van der Waals surface area contributed by atoms with Gasteiger partial charge in [-0.15, -0.1) is 0 Å². The molecule has 2 nitrogen and oxygen atoms in total. The second kappa shape index (κ2) is 11.4. The Kier molecular flexibility index (Phi) is 6.55. The molecular formula is C52H37NO. The van der Waals surface area contributed by atoms with E-state index in [2.05, 4.69) is 201 Å². The molecule has 0 N–H and O–H groups in total.